The van der Waals surface area contributed by atoms with Crippen LogP contribution in [0.3, 0.4) is 0 Å². The van der Waals surface area contributed by atoms with Gasteiger partial charge in [-0.1, -0.05) is 0 Å². The van der Waals surface area contributed by atoms with Crippen LogP contribution in [-0.2, 0) is 0 Å². The van der Waals surface area contributed by atoms with Crippen molar-refractivity contribution in [3.8, 4) is 5.88 Å². The van der Waals surface area contributed by atoms with Crippen molar-refractivity contribution in [3.63, 3.8) is 0 Å². The third-order valence-electron chi connectivity index (χ3n) is 4.60. The molecule has 1 saturated heterocycles. The highest BCUT2D eigenvalue weighted by molar-refractivity contribution is 5.90. The van der Waals surface area contributed by atoms with Gasteiger partial charge in [0, 0.05) is 43.9 Å². The first kappa shape index (κ1) is 15.7. The number of ether oxygens (including phenoxy) is 1. The minimum Gasteiger partial charge on any atom is -0.479 e. The lowest BCUT2D eigenvalue weighted by molar-refractivity contribution is 0.208. The van der Waals surface area contributed by atoms with E-state index in [9.17, 15) is 4.79 Å². The minimum atomic E-state index is -0.173. The van der Waals surface area contributed by atoms with E-state index in [1.165, 1.54) is 38.2 Å². The number of aromatic nitrogens is 4. The molecular formula is C16H21N7O2. The van der Waals surface area contributed by atoms with Crippen molar-refractivity contribution in [1.29, 1.82) is 0 Å². The molecule has 4 rings (SSSR count). The summed E-state index contributed by atoms with van der Waals surface area (Å²) in [5, 5.41) is 10.4. The molecule has 3 heterocycles. The van der Waals surface area contributed by atoms with Gasteiger partial charge >= 0.3 is 6.03 Å². The maximum Gasteiger partial charge on any atom is 0.322 e. The number of anilines is 2. The zero-order valence-corrected chi connectivity index (χ0v) is 14.1. The molecule has 9 nitrogen and oxygen atoms in total. The van der Waals surface area contributed by atoms with Crippen molar-refractivity contribution in [2.24, 2.45) is 0 Å². The molecule has 2 aromatic heterocycles. The Morgan fingerprint density at radius 1 is 1.32 bits per heavy atom. The summed E-state index contributed by atoms with van der Waals surface area (Å²) in [6, 6.07) is 1.97. The van der Waals surface area contributed by atoms with Crippen LogP contribution in [0.15, 0.2) is 18.6 Å². The normalized spacial score (nSPS) is 17.5. The monoisotopic (exact) mass is 343 g/mol. The van der Waals surface area contributed by atoms with Gasteiger partial charge < -0.3 is 19.9 Å². The predicted molar refractivity (Wildman–Crippen MR) is 92.0 cm³/mol. The Labute approximate surface area is 145 Å². The lowest BCUT2D eigenvalue weighted by atomic mass is 10.2. The molecule has 2 aliphatic rings. The van der Waals surface area contributed by atoms with E-state index in [1.807, 2.05) is 0 Å². The van der Waals surface area contributed by atoms with Crippen LogP contribution in [0.1, 0.15) is 24.5 Å². The molecule has 132 valence electrons. The Hall–Kier alpha value is -2.84. The number of hydrogen-bond acceptors (Lipinski definition) is 6. The van der Waals surface area contributed by atoms with Gasteiger partial charge in [-0.3, -0.25) is 5.10 Å². The summed E-state index contributed by atoms with van der Waals surface area (Å²) in [5.41, 5.74) is 1.70. The standard InChI is InChI=1S/C16H21N7O2/c1-25-15-13(9-17-10-18-15)19-16(24)23-6-4-22(5-7-23)14-8-12(20-21-14)11-2-3-11/h8-11H,2-7H2,1H3,(H,19,24)(H,20,21). The molecule has 0 unspecified atom stereocenters. The van der Waals surface area contributed by atoms with E-state index in [0.717, 1.165) is 18.9 Å². The number of methoxy groups -OCH3 is 1. The number of amides is 2. The number of carbonyl (C=O) groups is 1. The number of hydrogen-bond donors (Lipinski definition) is 2. The molecule has 0 spiro atoms. The van der Waals surface area contributed by atoms with Crippen LogP contribution in [0, 0.1) is 0 Å². The molecule has 0 atom stereocenters. The summed E-state index contributed by atoms with van der Waals surface area (Å²) < 4.78 is 5.13. The fourth-order valence-electron chi connectivity index (χ4n) is 2.99. The molecule has 2 fully saturated rings. The van der Waals surface area contributed by atoms with Crippen molar-refractivity contribution >= 4 is 17.5 Å². The van der Waals surface area contributed by atoms with Crippen molar-refractivity contribution in [3.05, 3.63) is 24.3 Å². The van der Waals surface area contributed by atoms with E-state index in [2.05, 4.69) is 36.4 Å². The first-order valence-electron chi connectivity index (χ1n) is 8.45. The highest BCUT2D eigenvalue weighted by Crippen LogP contribution is 2.39. The van der Waals surface area contributed by atoms with Crippen molar-refractivity contribution in [2.45, 2.75) is 18.8 Å². The molecule has 2 N–H and O–H groups in total. The predicted octanol–water partition coefficient (Wildman–Crippen LogP) is 1.44. The van der Waals surface area contributed by atoms with Crippen LogP contribution < -0.4 is 15.0 Å². The largest absolute Gasteiger partial charge is 0.479 e. The molecule has 25 heavy (non-hydrogen) atoms. The van der Waals surface area contributed by atoms with E-state index >= 15 is 0 Å². The topological polar surface area (TPSA) is 99.3 Å². The van der Waals surface area contributed by atoms with Gasteiger partial charge in [0.1, 0.15) is 12.0 Å². The van der Waals surface area contributed by atoms with Gasteiger partial charge in [-0.2, -0.15) is 10.1 Å². The molecule has 1 saturated carbocycles. The fraction of sp³-hybridized carbons (Fsp3) is 0.500. The zero-order chi connectivity index (χ0) is 17.2. The van der Waals surface area contributed by atoms with Crippen LogP contribution in [-0.4, -0.2) is 64.4 Å². The van der Waals surface area contributed by atoms with E-state index in [0.29, 0.717) is 30.6 Å². The van der Waals surface area contributed by atoms with E-state index in [4.69, 9.17) is 4.74 Å². The number of urea groups is 1. The summed E-state index contributed by atoms with van der Waals surface area (Å²) in [6.07, 6.45) is 5.42. The first-order valence-corrected chi connectivity index (χ1v) is 8.45. The molecule has 0 aromatic carbocycles. The quantitative estimate of drug-likeness (QED) is 0.871. The molecule has 9 heteroatoms. The maximum atomic E-state index is 12.4. The Morgan fingerprint density at radius 3 is 2.84 bits per heavy atom. The molecule has 1 aliphatic carbocycles. The Morgan fingerprint density at radius 2 is 2.12 bits per heavy atom. The lowest BCUT2D eigenvalue weighted by Crippen LogP contribution is -2.50. The van der Waals surface area contributed by atoms with Gasteiger partial charge in [-0.15, -0.1) is 0 Å². The molecule has 0 bridgehead atoms. The van der Waals surface area contributed by atoms with Gasteiger partial charge in [0.05, 0.1) is 13.3 Å². The van der Waals surface area contributed by atoms with E-state index in [-0.39, 0.29) is 6.03 Å². The van der Waals surface area contributed by atoms with E-state index in [1.54, 1.807) is 4.90 Å². The second-order valence-electron chi connectivity index (χ2n) is 6.31. The summed E-state index contributed by atoms with van der Waals surface area (Å²) >= 11 is 0. The summed E-state index contributed by atoms with van der Waals surface area (Å²) in [5.74, 6) is 1.99. The molecule has 2 amide bonds. The molecule has 1 aliphatic heterocycles. The minimum absolute atomic E-state index is 0.173. The van der Waals surface area contributed by atoms with Crippen molar-refractivity contribution < 1.29 is 9.53 Å². The van der Waals surface area contributed by atoms with Crippen LogP contribution >= 0.6 is 0 Å². The van der Waals surface area contributed by atoms with Crippen LogP contribution in [0.25, 0.3) is 0 Å². The van der Waals surface area contributed by atoms with Crippen molar-refractivity contribution in [1.82, 2.24) is 25.1 Å². The van der Waals surface area contributed by atoms with Gasteiger partial charge in [-0.05, 0) is 12.8 Å². The number of carbonyl (C=O) groups excluding carboxylic acids is 1. The molecule has 2 aromatic rings. The Kier molecular flexibility index (Phi) is 4.12. The number of aromatic amines is 1. The van der Waals surface area contributed by atoms with E-state index < -0.39 is 0 Å². The average Bonchev–Trinajstić information content (AvgIpc) is 3.39. The van der Waals surface area contributed by atoms with Gasteiger partial charge in [0.2, 0.25) is 5.88 Å². The van der Waals surface area contributed by atoms with Gasteiger partial charge in [0.15, 0.2) is 5.82 Å². The highest BCUT2D eigenvalue weighted by atomic mass is 16.5. The second kappa shape index (κ2) is 6.58. The molecule has 0 radical (unpaired) electrons. The van der Waals surface area contributed by atoms with Crippen LogP contribution in [0.5, 0.6) is 5.88 Å². The third kappa shape index (κ3) is 3.35. The number of nitrogens with one attached hydrogen (secondary N) is 2. The average molecular weight is 343 g/mol. The van der Waals surface area contributed by atoms with Gasteiger partial charge in [-0.25, -0.2) is 9.78 Å². The summed E-state index contributed by atoms with van der Waals surface area (Å²) in [4.78, 5) is 24.3. The van der Waals surface area contributed by atoms with Gasteiger partial charge in [0.25, 0.3) is 0 Å². The maximum absolute atomic E-state index is 12.4. The van der Waals surface area contributed by atoms with Crippen LogP contribution in [0.4, 0.5) is 16.3 Å². The third-order valence-corrected chi connectivity index (χ3v) is 4.60. The number of H-pyrrole nitrogens is 1. The Balaban J connectivity index is 1.33. The fourth-order valence-corrected chi connectivity index (χ4v) is 2.99. The lowest BCUT2D eigenvalue weighted by Gasteiger charge is -2.34. The van der Waals surface area contributed by atoms with Crippen LogP contribution in [0.2, 0.25) is 0 Å². The zero-order valence-electron chi connectivity index (χ0n) is 14.1. The number of piperazine rings is 1. The molecular weight excluding hydrogens is 322 g/mol. The Bertz CT molecular complexity index is 750. The first-order chi connectivity index (χ1) is 12.2. The SMILES string of the molecule is COc1ncncc1NC(=O)N1CCN(c2cc(C3CC3)[nH]n2)CC1. The number of rotatable bonds is 4. The summed E-state index contributed by atoms with van der Waals surface area (Å²) in [7, 11) is 1.51. The second-order valence-corrected chi connectivity index (χ2v) is 6.31. The van der Waals surface area contributed by atoms with Crippen molar-refractivity contribution in [2.75, 3.05) is 43.5 Å². The smallest absolute Gasteiger partial charge is 0.322 e. The summed E-state index contributed by atoms with van der Waals surface area (Å²) in [6.45, 7) is 2.77. The highest BCUT2D eigenvalue weighted by Gasteiger charge is 2.28. The number of nitrogens with zero attached hydrogens (tertiary/aromatic N) is 5.